The molecule has 14 heavy (non-hydrogen) atoms. The van der Waals surface area contributed by atoms with Crippen molar-refractivity contribution in [3.05, 3.63) is 29.3 Å². The maximum absolute atomic E-state index is 10.7. The highest BCUT2D eigenvalue weighted by Crippen LogP contribution is 2.28. The summed E-state index contributed by atoms with van der Waals surface area (Å²) >= 11 is 0. The van der Waals surface area contributed by atoms with Gasteiger partial charge in [-0.1, -0.05) is 0 Å². The Bertz CT molecular complexity index is 367. The number of benzene rings is 1. The Morgan fingerprint density at radius 3 is 2.57 bits per heavy atom. The van der Waals surface area contributed by atoms with Crippen LogP contribution in [0.25, 0.3) is 0 Å². The minimum atomic E-state index is 0.260. The summed E-state index contributed by atoms with van der Waals surface area (Å²) in [5.41, 5.74) is 0.941. The topological polar surface area (TPSA) is 43.4 Å². The first-order chi connectivity index (χ1) is 6.83. The van der Waals surface area contributed by atoms with E-state index in [9.17, 15) is 9.59 Å². The first kappa shape index (κ1) is 8.94. The van der Waals surface area contributed by atoms with Gasteiger partial charge in [0.15, 0.2) is 6.29 Å². The van der Waals surface area contributed by atoms with Crippen molar-refractivity contribution in [2.45, 2.75) is 18.9 Å². The molecule has 1 saturated carbocycles. The number of aldehydes is 2. The van der Waals surface area contributed by atoms with Gasteiger partial charge in [0.1, 0.15) is 12.0 Å². The lowest BCUT2D eigenvalue weighted by Crippen LogP contribution is -1.99. The molecule has 0 spiro atoms. The molecule has 0 saturated heterocycles. The normalized spacial score (nSPS) is 14.9. The molecule has 3 nitrogen and oxygen atoms in total. The summed E-state index contributed by atoms with van der Waals surface area (Å²) in [6.07, 6.45) is 3.79. The van der Waals surface area contributed by atoms with Crippen molar-refractivity contribution >= 4 is 12.6 Å². The van der Waals surface area contributed by atoms with E-state index in [1.54, 1.807) is 12.1 Å². The summed E-state index contributed by atoms with van der Waals surface area (Å²) in [5.74, 6) is 0.577. The fourth-order valence-electron chi connectivity index (χ4n) is 1.21. The molecule has 1 fully saturated rings. The van der Waals surface area contributed by atoms with E-state index in [1.807, 2.05) is 0 Å². The van der Waals surface area contributed by atoms with Crippen LogP contribution in [0.3, 0.4) is 0 Å². The molecule has 0 aliphatic heterocycles. The van der Waals surface area contributed by atoms with Crippen LogP contribution in [-0.4, -0.2) is 18.7 Å². The van der Waals surface area contributed by atoms with Gasteiger partial charge in [0.2, 0.25) is 0 Å². The smallest absolute Gasteiger partial charge is 0.153 e. The molecule has 1 aromatic carbocycles. The van der Waals surface area contributed by atoms with Gasteiger partial charge in [0.05, 0.1) is 11.7 Å². The average Bonchev–Trinajstić information content (AvgIpc) is 3.02. The zero-order valence-electron chi connectivity index (χ0n) is 7.60. The van der Waals surface area contributed by atoms with Gasteiger partial charge in [-0.2, -0.15) is 0 Å². The second kappa shape index (κ2) is 3.62. The zero-order valence-corrected chi connectivity index (χ0v) is 7.60. The zero-order chi connectivity index (χ0) is 9.97. The van der Waals surface area contributed by atoms with E-state index >= 15 is 0 Å². The van der Waals surface area contributed by atoms with E-state index in [0.717, 1.165) is 12.8 Å². The molecule has 72 valence electrons. The van der Waals surface area contributed by atoms with Crippen molar-refractivity contribution in [1.29, 1.82) is 0 Å². The highest BCUT2D eigenvalue weighted by atomic mass is 16.5. The van der Waals surface area contributed by atoms with Crippen molar-refractivity contribution in [3.8, 4) is 5.75 Å². The Labute approximate surface area is 81.7 Å². The predicted octanol–water partition coefficient (Wildman–Crippen LogP) is 1.85. The molecule has 0 N–H and O–H groups in total. The van der Waals surface area contributed by atoms with Crippen molar-refractivity contribution < 1.29 is 14.3 Å². The minimum Gasteiger partial charge on any atom is -0.490 e. The van der Waals surface area contributed by atoms with Crippen LogP contribution in [0.1, 0.15) is 33.6 Å². The molecule has 3 heteroatoms. The Morgan fingerprint density at radius 2 is 2.00 bits per heavy atom. The molecule has 0 amide bonds. The average molecular weight is 190 g/mol. The summed E-state index contributed by atoms with van der Waals surface area (Å²) in [4.78, 5) is 21.2. The molecule has 0 aromatic heterocycles. The number of hydrogen-bond donors (Lipinski definition) is 0. The van der Waals surface area contributed by atoms with Crippen LogP contribution in [0, 0.1) is 0 Å². The third-order valence-corrected chi connectivity index (χ3v) is 2.11. The first-order valence-corrected chi connectivity index (χ1v) is 4.54. The van der Waals surface area contributed by atoms with Crippen LogP contribution in [0.4, 0.5) is 0 Å². The van der Waals surface area contributed by atoms with E-state index in [1.165, 1.54) is 6.07 Å². The van der Waals surface area contributed by atoms with Crippen molar-refractivity contribution in [1.82, 2.24) is 0 Å². The van der Waals surface area contributed by atoms with Crippen molar-refractivity contribution in [3.63, 3.8) is 0 Å². The largest absolute Gasteiger partial charge is 0.490 e. The van der Waals surface area contributed by atoms with E-state index in [-0.39, 0.29) is 6.10 Å². The fourth-order valence-corrected chi connectivity index (χ4v) is 1.21. The molecule has 0 unspecified atom stereocenters. The van der Waals surface area contributed by atoms with Crippen LogP contribution >= 0.6 is 0 Å². The van der Waals surface area contributed by atoms with Crippen molar-refractivity contribution in [2.75, 3.05) is 0 Å². The van der Waals surface area contributed by atoms with Gasteiger partial charge < -0.3 is 4.74 Å². The van der Waals surface area contributed by atoms with E-state index < -0.39 is 0 Å². The first-order valence-electron chi connectivity index (χ1n) is 4.54. The quantitative estimate of drug-likeness (QED) is 0.680. The maximum atomic E-state index is 10.7. The summed E-state index contributed by atoms with van der Waals surface area (Å²) in [6, 6.07) is 4.86. The summed E-state index contributed by atoms with van der Waals surface area (Å²) in [7, 11) is 0. The number of rotatable bonds is 4. The molecule has 2 rings (SSSR count). The van der Waals surface area contributed by atoms with E-state index in [0.29, 0.717) is 29.4 Å². The second-order valence-electron chi connectivity index (χ2n) is 3.35. The van der Waals surface area contributed by atoms with Crippen LogP contribution in [0.2, 0.25) is 0 Å². The van der Waals surface area contributed by atoms with Gasteiger partial charge in [0, 0.05) is 5.56 Å². The summed E-state index contributed by atoms with van der Waals surface area (Å²) < 4.78 is 5.50. The molecule has 1 aromatic rings. The molecule has 0 radical (unpaired) electrons. The van der Waals surface area contributed by atoms with Crippen LogP contribution < -0.4 is 4.74 Å². The molecule has 0 heterocycles. The van der Waals surface area contributed by atoms with Crippen molar-refractivity contribution in [2.24, 2.45) is 0 Å². The monoisotopic (exact) mass is 190 g/mol. The summed E-state index contributed by atoms with van der Waals surface area (Å²) in [6.45, 7) is 0. The van der Waals surface area contributed by atoms with E-state index in [2.05, 4.69) is 0 Å². The Kier molecular flexibility index (Phi) is 2.31. The molecule has 1 aliphatic carbocycles. The fraction of sp³-hybridized carbons (Fsp3) is 0.273. The Hall–Kier alpha value is -1.64. The highest BCUT2D eigenvalue weighted by molar-refractivity contribution is 5.84. The lowest BCUT2D eigenvalue weighted by Gasteiger charge is -2.06. The van der Waals surface area contributed by atoms with Gasteiger partial charge in [0.25, 0.3) is 0 Å². The molecular formula is C11H10O3. The minimum absolute atomic E-state index is 0.260. The molecular weight excluding hydrogens is 180 g/mol. The van der Waals surface area contributed by atoms with Crippen LogP contribution in [0.5, 0.6) is 5.75 Å². The molecule has 0 atom stereocenters. The molecule has 0 bridgehead atoms. The van der Waals surface area contributed by atoms with E-state index in [4.69, 9.17) is 4.74 Å². The SMILES string of the molecule is O=Cc1ccc(OC2CC2)c(C=O)c1. The Balaban J connectivity index is 2.28. The predicted molar refractivity (Wildman–Crippen MR) is 50.9 cm³/mol. The third kappa shape index (κ3) is 1.82. The second-order valence-corrected chi connectivity index (χ2v) is 3.35. The number of hydrogen-bond acceptors (Lipinski definition) is 3. The lowest BCUT2D eigenvalue weighted by molar-refractivity contribution is 0.111. The number of carbonyl (C=O) groups is 2. The lowest BCUT2D eigenvalue weighted by atomic mass is 10.1. The van der Waals surface area contributed by atoms with Crippen LogP contribution in [-0.2, 0) is 0 Å². The third-order valence-electron chi connectivity index (χ3n) is 2.11. The van der Waals surface area contributed by atoms with Gasteiger partial charge in [-0.05, 0) is 31.0 Å². The van der Waals surface area contributed by atoms with Crippen LogP contribution in [0.15, 0.2) is 18.2 Å². The number of ether oxygens (including phenoxy) is 1. The van der Waals surface area contributed by atoms with Gasteiger partial charge in [-0.3, -0.25) is 9.59 Å². The summed E-state index contributed by atoms with van der Waals surface area (Å²) in [5, 5.41) is 0. The maximum Gasteiger partial charge on any atom is 0.153 e. The van der Waals surface area contributed by atoms with Gasteiger partial charge in [-0.25, -0.2) is 0 Å². The standard InChI is InChI=1S/C11H10O3/c12-6-8-1-4-11(9(5-8)7-13)14-10-2-3-10/h1,4-7,10H,2-3H2. The van der Waals surface area contributed by atoms with Gasteiger partial charge in [-0.15, -0.1) is 0 Å². The molecule has 1 aliphatic rings. The highest BCUT2D eigenvalue weighted by Gasteiger charge is 2.24. The van der Waals surface area contributed by atoms with Gasteiger partial charge >= 0.3 is 0 Å². The Morgan fingerprint density at radius 1 is 1.21 bits per heavy atom. The number of carbonyl (C=O) groups excluding carboxylic acids is 2.